The molecule has 0 aromatic heterocycles. The second kappa shape index (κ2) is 6.79. The quantitative estimate of drug-likeness (QED) is 0.657. The Balaban J connectivity index is 4.26. The van der Waals surface area contributed by atoms with Crippen LogP contribution in [0.2, 0.25) is 0 Å². The molecule has 0 unspecified atom stereocenters. The zero-order valence-corrected chi connectivity index (χ0v) is 10.1. The molecule has 0 rings (SSSR count). The highest BCUT2D eigenvalue weighted by Crippen LogP contribution is 1.98. The normalized spacial score (nSPS) is 11.4. The molecular weight excluding hydrogens is 218 g/mol. The van der Waals surface area contributed by atoms with Gasteiger partial charge in [-0.25, -0.2) is 8.42 Å². The first-order chi connectivity index (χ1) is 6.96. The molecule has 0 aliphatic carbocycles. The molecule has 0 aromatic rings. The molecule has 0 spiro atoms. The molecule has 0 bridgehead atoms. The van der Waals surface area contributed by atoms with Crippen LogP contribution >= 0.6 is 0 Å². The van der Waals surface area contributed by atoms with Gasteiger partial charge in [0.25, 0.3) is 0 Å². The molecule has 0 heterocycles. The minimum Gasteiger partial charge on any atom is -0.396 e. The van der Waals surface area contributed by atoms with Gasteiger partial charge in [0.15, 0.2) is 9.84 Å². The van der Waals surface area contributed by atoms with Gasteiger partial charge >= 0.3 is 0 Å². The molecule has 0 saturated heterocycles. The van der Waals surface area contributed by atoms with Gasteiger partial charge in [-0.15, -0.1) is 0 Å². The average Bonchev–Trinajstić information content (AvgIpc) is 2.16. The Morgan fingerprint density at radius 2 is 1.80 bits per heavy atom. The van der Waals surface area contributed by atoms with Crippen molar-refractivity contribution in [3.63, 3.8) is 0 Å². The summed E-state index contributed by atoms with van der Waals surface area (Å²) >= 11 is 0. The van der Waals surface area contributed by atoms with Crippen LogP contribution in [0.25, 0.3) is 0 Å². The third-order valence-corrected chi connectivity index (χ3v) is 3.67. The van der Waals surface area contributed by atoms with Gasteiger partial charge in [0.05, 0.1) is 5.75 Å². The number of amides is 1. The number of carbonyl (C=O) groups is 1. The molecule has 0 fully saturated rings. The monoisotopic (exact) mass is 237 g/mol. The fourth-order valence-electron chi connectivity index (χ4n) is 1.21. The van der Waals surface area contributed by atoms with Gasteiger partial charge < -0.3 is 10.0 Å². The third-order valence-electron chi connectivity index (χ3n) is 2.07. The van der Waals surface area contributed by atoms with Crippen molar-refractivity contribution in [3.8, 4) is 0 Å². The number of aliphatic hydroxyl groups excluding tert-OH is 1. The second-order valence-corrected chi connectivity index (χ2v) is 5.42. The SMILES string of the molecule is CCN(CC)C(=O)CS(=O)(=O)CCCO. The van der Waals surface area contributed by atoms with Crippen LogP contribution in [0, 0.1) is 0 Å². The predicted molar refractivity (Wildman–Crippen MR) is 58.3 cm³/mol. The summed E-state index contributed by atoms with van der Waals surface area (Å²) in [6.45, 7) is 4.48. The molecule has 6 heteroatoms. The van der Waals surface area contributed by atoms with Crippen LogP contribution in [0.5, 0.6) is 0 Å². The number of aliphatic hydroxyl groups is 1. The molecule has 0 saturated carbocycles. The van der Waals surface area contributed by atoms with Crippen molar-refractivity contribution in [2.45, 2.75) is 20.3 Å². The Kier molecular flexibility index (Phi) is 6.51. The van der Waals surface area contributed by atoms with E-state index in [-0.39, 0.29) is 24.7 Å². The zero-order valence-electron chi connectivity index (χ0n) is 9.27. The van der Waals surface area contributed by atoms with Crippen molar-refractivity contribution in [1.29, 1.82) is 0 Å². The predicted octanol–water partition coefficient (Wildman–Crippen LogP) is -0.348. The standard InChI is InChI=1S/C9H19NO4S/c1-3-10(4-2)9(12)8-15(13,14)7-5-6-11/h11H,3-8H2,1-2H3. The second-order valence-electron chi connectivity index (χ2n) is 3.24. The lowest BCUT2D eigenvalue weighted by molar-refractivity contribution is -0.128. The van der Waals surface area contributed by atoms with E-state index in [2.05, 4.69) is 0 Å². The first-order valence-corrected chi connectivity index (χ1v) is 6.88. The molecule has 90 valence electrons. The van der Waals surface area contributed by atoms with Gasteiger partial charge in [0.2, 0.25) is 5.91 Å². The molecule has 5 nitrogen and oxygen atoms in total. The van der Waals surface area contributed by atoms with Crippen molar-refractivity contribution in [3.05, 3.63) is 0 Å². The lowest BCUT2D eigenvalue weighted by Gasteiger charge is -2.18. The van der Waals surface area contributed by atoms with Crippen LogP contribution in [0.1, 0.15) is 20.3 Å². The van der Waals surface area contributed by atoms with E-state index in [9.17, 15) is 13.2 Å². The van der Waals surface area contributed by atoms with Gasteiger partial charge in [-0.05, 0) is 20.3 Å². The largest absolute Gasteiger partial charge is 0.396 e. The summed E-state index contributed by atoms with van der Waals surface area (Å²) in [6, 6.07) is 0. The average molecular weight is 237 g/mol. The third kappa shape index (κ3) is 5.74. The summed E-state index contributed by atoms with van der Waals surface area (Å²) in [6.07, 6.45) is 0.188. The Labute approximate surface area is 91.0 Å². The smallest absolute Gasteiger partial charge is 0.237 e. The summed E-state index contributed by atoms with van der Waals surface area (Å²) in [5.41, 5.74) is 0. The maximum Gasteiger partial charge on any atom is 0.237 e. The Morgan fingerprint density at radius 1 is 1.27 bits per heavy atom. The van der Waals surface area contributed by atoms with Gasteiger partial charge in [-0.2, -0.15) is 0 Å². The lowest BCUT2D eigenvalue weighted by Crippen LogP contribution is -2.36. The Bertz CT molecular complexity index is 282. The number of hydrogen-bond donors (Lipinski definition) is 1. The van der Waals surface area contributed by atoms with Crippen molar-refractivity contribution in [2.75, 3.05) is 31.2 Å². The molecule has 0 aromatic carbocycles. The maximum atomic E-state index is 11.5. The fraction of sp³-hybridized carbons (Fsp3) is 0.889. The number of rotatable bonds is 7. The van der Waals surface area contributed by atoms with E-state index in [0.717, 1.165) is 0 Å². The maximum absolute atomic E-state index is 11.5. The van der Waals surface area contributed by atoms with Crippen molar-refractivity contribution in [1.82, 2.24) is 4.90 Å². The van der Waals surface area contributed by atoms with E-state index >= 15 is 0 Å². The van der Waals surface area contributed by atoms with E-state index in [0.29, 0.717) is 13.1 Å². The number of carbonyl (C=O) groups excluding carboxylic acids is 1. The molecular formula is C9H19NO4S. The minimum atomic E-state index is -3.36. The Morgan fingerprint density at radius 3 is 2.20 bits per heavy atom. The van der Waals surface area contributed by atoms with E-state index in [1.807, 2.05) is 13.8 Å². The summed E-state index contributed by atoms with van der Waals surface area (Å²) in [7, 11) is -3.36. The highest BCUT2D eigenvalue weighted by molar-refractivity contribution is 7.92. The van der Waals surface area contributed by atoms with Gasteiger partial charge in [-0.3, -0.25) is 4.79 Å². The molecule has 0 aliphatic heterocycles. The van der Waals surface area contributed by atoms with Crippen LogP contribution in [0.3, 0.4) is 0 Å². The fourth-order valence-corrected chi connectivity index (χ4v) is 2.48. The topological polar surface area (TPSA) is 74.7 Å². The molecule has 0 radical (unpaired) electrons. The summed E-state index contributed by atoms with van der Waals surface area (Å²) in [5, 5.41) is 8.51. The molecule has 0 aliphatic rings. The van der Waals surface area contributed by atoms with Gasteiger partial charge in [-0.1, -0.05) is 0 Å². The summed E-state index contributed by atoms with van der Waals surface area (Å²) in [5.74, 6) is -0.941. The Hall–Kier alpha value is -0.620. The summed E-state index contributed by atoms with van der Waals surface area (Å²) < 4.78 is 22.8. The number of sulfone groups is 1. The van der Waals surface area contributed by atoms with Crippen LogP contribution < -0.4 is 0 Å². The molecule has 0 atom stereocenters. The van der Waals surface area contributed by atoms with Crippen molar-refractivity contribution >= 4 is 15.7 Å². The first kappa shape index (κ1) is 14.4. The highest BCUT2D eigenvalue weighted by Gasteiger charge is 2.19. The highest BCUT2D eigenvalue weighted by atomic mass is 32.2. The van der Waals surface area contributed by atoms with E-state index < -0.39 is 15.6 Å². The lowest BCUT2D eigenvalue weighted by atomic mass is 10.5. The number of nitrogens with zero attached hydrogens (tertiary/aromatic N) is 1. The van der Waals surface area contributed by atoms with Gasteiger partial charge in [0, 0.05) is 19.7 Å². The van der Waals surface area contributed by atoms with E-state index in [1.165, 1.54) is 4.90 Å². The van der Waals surface area contributed by atoms with Crippen LogP contribution in [0.4, 0.5) is 0 Å². The van der Waals surface area contributed by atoms with Gasteiger partial charge in [0.1, 0.15) is 5.75 Å². The van der Waals surface area contributed by atoms with E-state index in [4.69, 9.17) is 5.11 Å². The number of hydrogen-bond acceptors (Lipinski definition) is 4. The van der Waals surface area contributed by atoms with Crippen LogP contribution in [-0.2, 0) is 14.6 Å². The first-order valence-electron chi connectivity index (χ1n) is 5.05. The zero-order chi connectivity index (χ0) is 11.9. The summed E-state index contributed by atoms with van der Waals surface area (Å²) in [4.78, 5) is 13.0. The van der Waals surface area contributed by atoms with Crippen LogP contribution in [-0.4, -0.2) is 55.5 Å². The van der Waals surface area contributed by atoms with E-state index in [1.54, 1.807) is 0 Å². The molecule has 15 heavy (non-hydrogen) atoms. The molecule has 1 amide bonds. The molecule has 1 N–H and O–H groups in total. The van der Waals surface area contributed by atoms with Crippen molar-refractivity contribution < 1.29 is 18.3 Å². The van der Waals surface area contributed by atoms with Crippen LogP contribution in [0.15, 0.2) is 0 Å². The van der Waals surface area contributed by atoms with Crippen molar-refractivity contribution in [2.24, 2.45) is 0 Å². The minimum absolute atomic E-state index is 0.128.